The fourth-order valence-corrected chi connectivity index (χ4v) is 3.03. The minimum Gasteiger partial charge on any atom is -0.497 e. The van der Waals surface area contributed by atoms with Gasteiger partial charge in [0.15, 0.2) is 5.96 Å². The maximum atomic E-state index is 9.33. The number of hydrogen-bond donors (Lipinski definition) is 3. The second kappa shape index (κ2) is 12.3. The van der Waals surface area contributed by atoms with Crippen LogP contribution in [0.2, 0.25) is 0 Å². The number of aliphatic imine (C=N–C) groups is 1. The summed E-state index contributed by atoms with van der Waals surface area (Å²) >= 11 is 0. The number of methoxy groups -OCH3 is 1. The Balaban J connectivity index is 0.00000338. The molecule has 0 radical (unpaired) electrons. The van der Waals surface area contributed by atoms with Gasteiger partial charge >= 0.3 is 0 Å². The summed E-state index contributed by atoms with van der Waals surface area (Å²) in [4.78, 5) is 4.73. The Morgan fingerprint density at radius 1 is 1.38 bits per heavy atom. The van der Waals surface area contributed by atoms with E-state index in [1.807, 2.05) is 12.1 Å². The van der Waals surface area contributed by atoms with E-state index in [0.29, 0.717) is 13.2 Å². The highest BCUT2D eigenvalue weighted by atomic mass is 127. The summed E-state index contributed by atoms with van der Waals surface area (Å²) in [6, 6.07) is 8.11. The summed E-state index contributed by atoms with van der Waals surface area (Å²) in [5, 5.41) is 16.0. The molecule has 3 N–H and O–H groups in total. The van der Waals surface area contributed by atoms with E-state index in [-0.39, 0.29) is 36.0 Å². The predicted molar refractivity (Wildman–Crippen MR) is 116 cm³/mol. The molecule has 1 fully saturated rings. The molecule has 0 aliphatic carbocycles. The maximum Gasteiger partial charge on any atom is 0.191 e. The summed E-state index contributed by atoms with van der Waals surface area (Å²) in [6.45, 7) is 5.95. The molecule has 26 heavy (non-hydrogen) atoms. The molecule has 1 unspecified atom stereocenters. The van der Waals surface area contributed by atoms with Crippen molar-refractivity contribution in [2.75, 3.05) is 46.6 Å². The lowest BCUT2D eigenvalue weighted by molar-refractivity contribution is 0.131. The molecular weight excluding hydrogens is 445 g/mol. The van der Waals surface area contributed by atoms with E-state index in [1.165, 1.54) is 5.56 Å². The summed E-state index contributed by atoms with van der Waals surface area (Å²) in [5.74, 6) is 1.69. The van der Waals surface area contributed by atoms with Crippen molar-refractivity contribution in [3.05, 3.63) is 29.8 Å². The van der Waals surface area contributed by atoms with E-state index in [1.54, 1.807) is 7.11 Å². The normalized spacial score (nSPS) is 19.7. The first-order valence-electron chi connectivity index (χ1n) is 9.05. The van der Waals surface area contributed by atoms with E-state index in [2.05, 4.69) is 29.7 Å². The third kappa shape index (κ3) is 7.28. The molecule has 1 aliphatic heterocycles. The van der Waals surface area contributed by atoms with Crippen molar-refractivity contribution in [2.24, 2.45) is 10.4 Å². The van der Waals surface area contributed by atoms with Gasteiger partial charge in [-0.25, -0.2) is 0 Å². The third-order valence-electron chi connectivity index (χ3n) is 4.58. The van der Waals surface area contributed by atoms with Gasteiger partial charge in [0, 0.05) is 31.7 Å². The van der Waals surface area contributed by atoms with Crippen molar-refractivity contribution in [1.82, 2.24) is 10.6 Å². The zero-order valence-corrected chi connectivity index (χ0v) is 18.1. The Hall–Kier alpha value is -1.06. The van der Waals surface area contributed by atoms with Crippen LogP contribution in [0.25, 0.3) is 0 Å². The van der Waals surface area contributed by atoms with Gasteiger partial charge in [0.2, 0.25) is 0 Å². The van der Waals surface area contributed by atoms with Crippen LogP contribution in [0.5, 0.6) is 5.75 Å². The minimum absolute atomic E-state index is 0. The fourth-order valence-electron chi connectivity index (χ4n) is 3.03. The van der Waals surface area contributed by atoms with E-state index in [9.17, 15) is 5.11 Å². The molecule has 0 bridgehead atoms. The van der Waals surface area contributed by atoms with Gasteiger partial charge in [-0.15, -0.1) is 24.0 Å². The molecule has 2 rings (SSSR count). The summed E-state index contributed by atoms with van der Waals surface area (Å²) in [7, 11) is 1.68. The van der Waals surface area contributed by atoms with E-state index >= 15 is 0 Å². The lowest BCUT2D eigenvalue weighted by Crippen LogP contribution is -2.39. The molecule has 7 heteroatoms. The molecule has 1 aromatic carbocycles. The molecule has 1 aromatic rings. The number of aliphatic hydroxyl groups is 1. The van der Waals surface area contributed by atoms with Gasteiger partial charge in [0.1, 0.15) is 5.75 Å². The zero-order valence-electron chi connectivity index (χ0n) is 15.8. The van der Waals surface area contributed by atoms with Crippen LogP contribution in [0.15, 0.2) is 29.3 Å². The number of rotatable bonds is 9. The number of benzene rings is 1. The maximum absolute atomic E-state index is 9.33. The largest absolute Gasteiger partial charge is 0.497 e. The Morgan fingerprint density at radius 2 is 2.23 bits per heavy atom. The first-order valence-corrected chi connectivity index (χ1v) is 9.05. The van der Waals surface area contributed by atoms with Crippen LogP contribution >= 0.6 is 24.0 Å². The van der Waals surface area contributed by atoms with Gasteiger partial charge in [0.25, 0.3) is 0 Å². The van der Waals surface area contributed by atoms with E-state index in [0.717, 1.165) is 50.7 Å². The Morgan fingerprint density at radius 3 is 2.88 bits per heavy atom. The molecule has 0 amide bonds. The quantitative estimate of drug-likeness (QED) is 0.289. The van der Waals surface area contributed by atoms with Crippen molar-refractivity contribution in [3.8, 4) is 5.75 Å². The highest BCUT2D eigenvalue weighted by Crippen LogP contribution is 2.32. The number of nitrogens with one attached hydrogen (secondary N) is 2. The van der Waals surface area contributed by atoms with Crippen LogP contribution in [0.3, 0.4) is 0 Å². The monoisotopic (exact) mass is 477 g/mol. The fraction of sp³-hybridized carbons (Fsp3) is 0.632. The van der Waals surface area contributed by atoms with Crippen molar-refractivity contribution >= 4 is 29.9 Å². The highest BCUT2D eigenvalue weighted by Gasteiger charge is 2.34. The van der Waals surface area contributed by atoms with Crippen LogP contribution in [-0.4, -0.2) is 57.6 Å². The molecule has 1 aliphatic rings. The Bertz CT molecular complexity index is 549. The summed E-state index contributed by atoms with van der Waals surface area (Å²) in [6.07, 6.45) is 2.59. The van der Waals surface area contributed by atoms with Crippen LogP contribution in [0.1, 0.15) is 25.3 Å². The molecule has 0 saturated carbocycles. The minimum atomic E-state index is -0.0239. The van der Waals surface area contributed by atoms with Crippen molar-refractivity contribution < 1.29 is 14.6 Å². The molecule has 0 aromatic heterocycles. The number of ether oxygens (including phenoxy) is 2. The first-order chi connectivity index (χ1) is 12.2. The number of hydrogen-bond acceptors (Lipinski definition) is 4. The SMILES string of the molecule is CCNC(=NCC1(CCO)CCOC1)NCCc1cccc(OC)c1.I. The lowest BCUT2D eigenvalue weighted by Gasteiger charge is -2.24. The summed E-state index contributed by atoms with van der Waals surface area (Å²) < 4.78 is 10.8. The molecule has 1 atom stereocenters. The van der Waals surface area contributed by atoms with Gasteiger partial charge in [-0.2, -0.15) is 0 Å². The second-order valence-corrected chi connectivity index (χ2v) is 6.50. The van der Waals surface area contributed by atoms with Crippen molar-refractivity contribution in [2.45, 2.75) is 26.2 Å². The van der Waals surface area contributed by atoms with Crippen LogP contribution in [-0.2, 0) is 11.2 Å². The molecule has 6 nitrogen and oxygen atoms in total. The van der Waals surface area contributed by atoms with Gasteiger partial charge in [-0.05, 0) is 43.9 Å². The molecule has 1 heterocycles. The van der Waals surface area contributed by atoms with Crippen LogP contribution in [0.4, 0.5) is 0 Å². The number of halogens is 1. The average Bonchev–Trinajstić information content (AvgIpc) is 3.09. The molecular formula is C19H32IN3O3. The average molecular weight is 477 g/mol. The van der Waals surface area contributed by atoms with E-state index in [4.69, 9.17) is 14.5 Å². The lowest BCUT2D eigenvalue weighted by atomic mass is 9.84. The van der Waals surface area contributed by atoms with Gasteiger partial charge in [0.05, 0.1) is 20.3 Å². The summed E-state index contributed by atoms with van der Waals surface area (Å²) in [5.41, 5.74) is 1.20. The zero-order chi connectivity index (χ0) is 18.0. The topological polar surface area (TPSA) is 75.1 Å². The Kier molecular flexibility index (Phi) is 10.9. The third-order valence-corrected chi connectivity index (χ3v) is 4.58. The second-order valence-electron chi connectivity index (χ2n) is 6.50. The smallest absolute Gasteiger partial charge is 0.191 e. The molecule has 1 saturated heterocycles. The van der Waals surface area contributed by atoms with Crippen molar-refractivity contribution in [3.63, 3.8) is 0 Å². The number of nitrogens with zero attached hydrogens (tertiary/aromatic N) is 1. The van der Waals surface area contributed by atoms with E-state index < -0.39 is 0 Å². The molecule has 0 spiro atoms. The highest BCUT2D eigenvalue weighted by molar-refractivity contribution is 14.0. The van der Waals surface area contributed by atoms with Gasteiger partial charge in [-0.1, -0.05) is 12.1 Å². The molecule has 148 valence electrons. The predicted octanol–water partition coefficient (Wildman–Crippen LogP) is 2.20. The number of guanidine groups is 1. The first kappa shape index (κ1) is 23.0. The standard InChI is InChI=1S/C19H31N3O3.HI/c1-3-20-18(22-14-19(8-11-23)9-12-25-15-19)21-10-7-16-5-4-6-17(13-16)24-2;/h4-6,13,23H,3,7-12,14-15H2,1-2H3,(H2,20,21,22);1H. The van der Waals surface area contributed by atoms with Crippen LogP contribution in [0, 0.1) is 5.41 Å². The van der Waals surface area contributed by atoms with Gasteiger partial charge < -0.3 is 25.2 Å². The Labute approximate surface area is 173 Å². The van der Waals surface area contributed by atoms with Gasteiger partial charge in [-0.3, -0.25) is 4.99 Å². The number of aliphatic hydroxyl groups excluding tert-OH is 1. The van der Waals surface area contributed by atoms with Crippen molar-refractivity contribution in [1.29, 1.82) is 0 Å². The van der Waals surface area contributed by atoms with Crippen LogP contribution < -0.4 is 15.4 Å².